The molecule has 0 saturated carbocycles. The van der Waals surface area contributed by atoms with Crippen molar-refractivity contribution in [1.29, 1.82) is 0 Å². The molecule has 0 spiro atoms. The van der Waals surface area contributed by atoms with Crippen LogP contribution in [0.4, 0.5) is 17.1 Å². The first-order valence-electron chi connectivity index (χ1n) is 14.1. The van der Waals surface area contributed by atoms with Gasteiger partial charge in [0, 0.05) is 28.2 Å². The molecule has 0 aliphatic carbocycles. The van der Waals surface area contributed by atoms with Crippen molar-refractivity contribution in [2.24, 2.45) is 0 Å². The van der Waals surface area contributed by atoms with Crippen LogP contribution in [0.1, 0.15) is 51.7 Å². The molecule has 0 radical (unpaired) electrons. The molecule has 0 aliphatic heterocycles. The molecule has 0 N–H and O–H groups in total. The number of ether oxygens (including phenoxy) is 3. The number of hydrogen-bond donors (Lipinski definition) is 0. The van der Waals surface area contributed by atoms with Crippen molar-refractivity contribution in [3.63, 3.8) is 0 Å². The van der Waals surface area contributed by atoms with Crippen LogP contribution in [-0.2, 0) is 31.9 Å². The molecule has 0 atom stereocenters. The van der Waals surface area contributed by atoms with Gasteiger partial charge in [0.1, 0.15) is 5.75 Å². The second kappa shape index (κ2) is 16.1. The summed E-state index contributed by atoms with van der Waals surface area (Å²) < 4.78 is 16.0. The van der Waals surface area contributed by atoms with Gasteiger partial charge < -0.3 is 19.1 Å². The van der Waals surface area contributed by atoms with Gasteiger partial charge in [-0.3, -0.25) is 0 Å². The van der Waals surface area contributed by atoms with Crippen LogP contribution >= 0.6 is 0 Å². The maximum Gasteiger partial charge on any atom is 0.333 e. The van der Waals surface area contributed by atoms with Gasteiger partial charge in [0.15, 0.2) is 0 Å². The summed E-state index contributed by atoms with van der Waals surface area (Å²) in [6.45, 7) is 7.97. The molecular formula is C35H41NO5. The van der Waals surface area contributed by atoms with Crippen molar-refractivity contribution < 1.29 is 23.8 Å². The van der Waals surface area contributed by atoms with E-state index in [0.29, 0.717) is 24.4 Å². The number of methoxy groups -OCH3 is 1. The minimum Gasteiger partial charge on any atom is -0.497 e. The first kappa shape index (κ1) is 31.2. The third-order valence-electron chi connectivity index (χ3n) is 6.92. The summed E-state index contributed by atoms with van der Waals surface area (Å²) in [5, 5.41) is 0. The van der Waals surface area contributed by atoms with Crippen LogP contribution < -0.4 is 9.64 Å². The standard InChI is InChI=1S/C35H41NO5/c1-6-26(3)34(37)40-24-8-10-28-12-16-30(17-13-28)36(32-20-22-33(39-5)23-21-32)31-18-14-29(15-19-31)11-9-25-41-35(38)27(4)7-2/h6-7,12-23H,8-11,24-25H2,1-5H3/b26-6+,27-7+. The molecule has 0 bridgehead atoms. The van der Waals surface area contributed by atoms with Gasteiger partial charge in [0.2, 0.25) is 0 Å². The molecular weight excluding hydrogens is 514 g/mol. The summed E-state index contributed by atoms with van der Waals surface area (Å²) in [7, 11) is 1.66. The fourth-order valence-electron chi connectivity index (χ4n) is 4.15. The summed E-state index contributed by atoms with van der Waals surface area (Å²) >= 11 is 0. The van der Waals surface area contributed by atoms with Crippen molar-refractivity contribution in [3.8, 4) is 5.75 Å². The fraction of sp³-hybridized carbons (Fsp3) is 0.314. The Balaban J connectivity index is 1.69. The van der Waals surface area contributed by atoms with Crippen LogP contribution in [0.3, 0.4) is 0 Å². The zero-order valence-corrected chi connectivity index (χ0v) is 24.8. The molecule has 0 aliphatic rings. The van der Waals surface area contributed by atoms with Crippen molar-refractivity contribution in [1.82, 2.24) is 0 Å². The zero-order valence-electron chi connectivity index (χ0n) is 24.8. The van der Waals surface area contributed by atoms with Gasteiger partial charge in [0.25, 0.3) is 0 Å². The maximum absolute atomic E-state index is 11.8. The molecule has 0 aromatic heterocycles. The predicted molar refractivity (Wildman–Crippen MR) is 165 cm³/mol. The Labute approximate surface area is 244 Å². The second-order valence-corrected chi connectivity index (χ2v) is 9.79. The number of allylic oxidation sites excluding steroid dienone is 2. The van der Waals surface area contributed by atoms with Gasteiger partial charge in [-0.25, -0.2) is 9.59 Å². The summed E-state index contributed by atoms with van der Waals surface area (Å²) in [5.41, 5.74) is 6.71. The van der Waals surface area contributed by atoms with E-state index in [1.807, 2.05) is 38.1 Å². The molecule has 0 amide bonds. The Hall–Kier alpha value is -4.32. The normalized spacial score (nSPS) is 11.6. The smallest absolute Gasteiger partial charge is 0.333 e. The lowest BCUT2D eigenvalue weighted by atomic mass is 10.1. The number of aryl methyl sites for hydroxylation is 2. The van der Waals surface area contributed by atoms with E-state index >= 15 is 0 Å². The number of benzene rings is 3. The van der Waals surface area contributed by atoms with E-state index in [-0.39, 0.29) is 11.9 Å². The maximum atomic E-state index is 11.8. The van der Waals surface area contributed by atoms with E-state index in [1.165, 1.54) is 11.1 Å². The highest BCUT2D eigenvalue weighted by Crippen LogP contribution is 2.35. The molecule has 3 aromatic carbocycles. The lowest BCUT2D eigenvalue weighted by Crippen LogP contribution is -2.10. The van der Waals surface area contributed by atoms with Crippen molar-refractivity contribution in [2.45, 2.75) is 53.4 Å². The zero-order chi connectivity index (χ0) is 29.6. The van der Waals surface area contributed by atoms with E-state index < -0.39 is 0 Å². The van der Waals surface area contributed by atoms with Crippen LogP contribution in [-0.4, -0.2) is 32.3 Å². The number of esters is 2. The number of anilines is 3. The van der Waals surface area contributed by atoms with Gasteiger partial charge in [-0.1, -0.05) is 36.4 Å². The molecule has 41 heavy (non-hydrogen) atoms. The summed E-state index contributed by atoms with van der Waals surface area (Å²) in [5.74, 6) is 0.286. The molecule has 3 rings (SSSR count). The van der Waals surface area contributed by atoms with Crippen LogP contribution in [0.5, 0.6) is 5.75 Å². The molecule has 0 unspecified atom stereocenters. The number of carbonyl (C=O) groups excluding carboxylic acids is 2. The predicted octanol–water partition coefficient (Wildman–Crippen LogP) is 8.05. The molecule has 0 heterocycles. The molecule has 6 heteroatoms. The lowest BCUT2D eigenvalue weighted by Gasteiger charge is -2.26. The molecule has 216 valence electrons. The number of carbonyl (C=O) groups is 2. The second-order valence-electron chi connectivity index (χ2n) is 9.79. The van der Waals surface area contributed by atoms with Crippen molar-refractivity contribution in [2.75, 3.05) is 25.2 Å². The van der Waals surface area contributed by atoms with Crippen LogP contribution in [0.15, 0.2) is 96.1 Å². The summed E-state index contributed by atoms with van der Waals surface area (Å²) in [6.07, 6.45) is 6.69. The monoisotopic (exact) mass is 555 g/mol. The lowest BCUT2D eigenvalue weighted by molar-refractivity contribution is -0.139. The first-order valence-corrected chi connectivity index (χ1v) is 14.1. The van der Waals surface area contributed by atoms with E-state index in [1.54, 1.807) is 33.1 Å². The number of rotatable bonds is 14. The van der Waals surface area contributed by atoms with Crippen LogP contribution in [0.25, 0.3) is 0 Å². The van der Waals surface area contributed by atoms with Crippen molar-refractivity contribution in [3.05, 3.63) is 107 Å². The van der Waals surface area contributed by atoms with Gasteiger partial charge in [-0.05, 0) is 113 Å². The van der Waals surface area contributed by atoms with Gasteiger partial charge in [-0.2, -0.15) is 0 Å². The highest BCUT2D eigenvalue weighted by Gasteiger charge is 2.13. The van der Waals surface area contributed by atoms with Gasteiger partial charge >= 0.3 is 11.9 Å². The minimum absolute atomic E-state index is 0.257. The van der Waals surface area contributed by atoms with Crippen molar-refractivity contribution >= 4 is 29.0 Å². The average Bonchev–Trinajstić information content (AvgIpc) is 3.02. The highest BCUT2D eigenvalue weighted by molar-refractivity contribution is 5.88. The van der Waals surface area contributed by atoms with Gasteiger partial charge in [-0.15, -0.1) is 0 Å². The largest absolute Gasteiger partial charge is 0.497 e. The quantitative estimate of drug-likeness (QED) is 0.114. The highest BCUT2D eigenvalue weighted by atomic mass is 16.5. The topological polar surface area (TPSA) is 65.1 Å². The number of nitrogens with zero attached hydrogens (tertiary/aromatic N) is 1. The third kappa shape index (κ3) is 9.38. The first-order chi connectivity index (χ1) is 19.9. The Kier molecular flexibility index (Phi) is 12.2. The van der Waals surface area contributed by atoms with Crippen LogP contribution in [0.2, 0.25) is 0 Å². The van der Waals surface area contributed by atoms with Gasteiger partial charge in [0.05, 0.1) is 20.3 Å². The fourth-order valence-corrected chi connectivity index (χ4v) is 4.15. The molecule has 6 nitrogen and oxygen atoms in total. The Morgan fingerprint density at radius 3 is 1.34 bits per heavy atom. The Morgan fingerprint density at radius 2 is 1.00 bits per heavy atom. The Bertz CT molecular complexity index is 1240. The minimum atomic E-state index is -0.257. The van der Waals surface area contributed by atoms with Crippen LogP contribution in [0, 0.1) is 0 Å². The van der Waals surface area contributed by atoms with E-state index in [2.05, 4.69) is 53.4 Å². The average molecular weight is 556 g/mol. The third-order valence-corrected chi connectivity index (χ3v) is 6.92. The summed E-state index contributed by atoms with van der Waals surface area (Å²) in [4.78, 5) is 25.9. The molecule has 3 aromatic rings. The van der Waals surface area contributed by atoms with E-state index in [0.717, 1.165) is 48.5 Å². The van der Waals surface area contributed by atoms with E-state index in [9.17, 15) is 9.59 Å². The number of hydrogen-bond acceptors (Lipinski definition) is 6. The molecule has 0 fully saturated rings. The van der Waals surface area contributed by atoms with E-state index in [4.69, 9.17) is 14.2 Å². The summed E-state index contributed by atoms with van der Waals surface area (Å²) in [6, 6.07) is 24.9. The SMILES string of the molecule is C/C=C(\C)C(=O)OCCCc1ccc(N(c2ccc(CCCOC(=O)/C(C)=C/C)cc2)c2ccc(OC)cc2)cc1. The molecule has 0 saturated heterocycles. The Morgan fingerprint density at radius 1 is 0.634 bits per heavy atom.